The summed E-state index contributed by atoms with van der Waals surface area (Å²) in [5.74, 6) is 1.02. The van der Waals surface area contributed by atoms with Crippen molar-refractivity contribution in [1.29, 1.82) is 0 Å². The SMILES string of the molecule is CCCN1CCc2cc(OCC)ccc2C1.Cl. The maximum absolute atomic E-state index is 5.53. The molecule has 2 nitrogen and oxygen atoms in total. The summed E-state index contributed by atoms with van der Waals surface area (Å²) < 4.78 is 5.53. The Morgan fingerprint density at radius 2 is 2.06 bits per heavy atom. The van der Waals surface area contributed by atoms with Gasteiger partial charge in [0.1, 0.15) is 5.75 Å². The van der Waals surface area contributed by atoms with Crippen molar-refractivity contribution in [1.82, 2.24) is 4.90 Å². The summed E-state index contributed by atoms with van der Waals surface area (Å²) in [6.45, 7) is 8.54. The zero-order valence-corrected chi connectivity index (χ0v) is 11.6. The van der Waals surface area contributed by atoms with Gasteiger partial charge >= 0.3 is 0 Å². The van der Waals surface area contributed by atoms with Crippen molar-refractivity contribution in [2.45, 2.75) is 33.2 Å². The number of ether oxygens (including phenoxy) is 1. The quantitative estimate of drug-likeness (QED) is 0.819. The van der Waals surface area contributed by atoms with Gasteiger partial charge in [-0.15, -0.1) is 12.4 Å². The summed E-state index contributed by atoms with van der Waals surface area (Å²) in [7, 11) is 0. The molecule has 0 aliphatic carbocycles. The lowest BCUT2D eigenvalue weighted by Gasteiger charge is -2.28. The summed E-state index contributed by atoms with van der Waals surface area (Å²) in [6.07, 6.45) is 2.41. The molecule has 96 valence electrons. The van der Waals surface area contributed by atoms with E-state index in [1.807, 2.05) is 6.92 Å². The Balaban J connectivity index is 0.00000144. The molecule has 1 heterocycles. The lowest BCUT2D eigenvalue weighted by Crippen LogP contribution is -2.31. The van der Waals surface area contributed by atoms with E-state index in [2.05, 4.69) is 30.0 Å². The fraction of sp³-hybridized carbons (Fsp3) is 0.571. The molecule has 1 aliphatic rings. The number of halogens is 1. The Bertz CT molecular complexity index is 354. The first-order chi connectivity index (χ1) is 7.83. The van der Waals surface area contributed by atoms with E-state index in [4.69, 9.17) is 4.74 Å². The molecular formula is C14H22ClNO. The van der Waals surface area contributed by atoms with Gasteiger partial charge in [-0.2, -0.15) is 0 Å². The molecule has 0 saturated carbocycles. The zero-order chi connectivity index (χ0) is 11.4. The number of nitrogens with zero attached hydrogens (tertiary/aromatic N) is 1. The first kappa shape index (κ1) is 14.3. The first-order valence-corrected chi connectivity index (χ1v) is 6.30. The van der Waals surface area contributed by atoms with E-state index < -0.39 is 0 Å². The molecule has 1 aliphatic heterocycles. The summed E-state index contributed by atoms with van der Waals surface area (Å²) in [5.41, 5.74) is 2.95. The normalized spacial score (nSPS) is 14.9. The van der Waals surface area contributed by atoms with Crippen molar-refractivity contribution < 1.29 is 4.74 Å². The highest BCUT2D eigenvalue weighted by Gasteiger charge is 2.15. The molecule has 17 heavy (non-hydrogen) atoms. The van der Waals surface area contributed by atoms with Crippen LogP contribution in [0, 0.1) is 0 Å². The number of hydrogen-bond donors (Lipinski definition) is 0. The second-order valence-electron chi connectivity index (χ2n) is 4.39. The van der Waals surface area contributed by atoms with Crippen molar-refractivity contribution in [3.8, 4) is 5.75 Å². The van der Waals surface area contributed by atoms with Crippen LogP contribution in [-0.2, 0) is 13.0 Å². The lowest BCUT2D eigenvalue weighted by molar-refractivity contribution is 0.254. The predicted octanol–water partition coefficient (Wildman–Crippen LogP) is 3.28. The van der Waals surface area contributed by atoms with Crippen molar-refractivity contribution in [3.63, 3.8) is 0 Å². The second-order valence-corrected chi connectivity index (χ2v) is 4.39. The van der Waals surface area contributed by atoms with Gasteiger partial charge in [0.25, 0.3) is 0 Å². The van der Waals surface area contributed by atoms with Crippen LogP contribution in [0.1, 0.15) is 31.4 Å². The topological polar surface area (TPSA) is 12.5 Å². The third kappa shape index (κ3) is 3.62. The van der Waals surface area contributed by atoms with Crippen molar-refractivity contribution in [3.05, 3.63) is 29.3 Å². The van der Waals surface area contributed by atoms with Crippen LogP contribution >= 0.6 is 12.4 Å². The monoisotopic (exact) mass is 255 g/mol. The second kappa shape index (κ2) is 6.87. The molecule has 0 unspecified atom stereocenters. The van der Waals surface area contributed by atoms with E-state index in [1.165, 1.54) is 30.6 Å². The van der Waals surface area contributed by atoms with E-state index in [0.29, 0.717) is 0 Å². The standard InChI is InChI=1S/C14H21NO.ClH/c1-3-8-15-9-7-12-10-14(16-4-2)6-5-13(12)11-15;/h5-6,10H,3-4,7-9,11H2,1-2H3;1H. The van der Waals surface area contributed by atoms with Gasteiger partial charge in [-0.05, 0) is 49.6 Å². The average molecular weight is 256 g/mol. The van der Waals surface area contributed by atoms with Crippen molar-refractivity contribution in [2.75, 3.05) is 19.7 Å². The van der Waals surface area contributed by atoms with E-state index in [0.717, 1.165) is 25.3 Å². The van der Waals surface area contributed by atoms with Crippen LogP contribution in [-0.4, -0.2) is 24.6 Å². The molecule has 1 aromatic carbocycles. The van der Waals surface area contributed by atoms with Crippen molar-refractivity contribution in [2.24, 2.45) is 0 Å². The lowest BCUT2D eigenvalue weighted by atomic mass is 9.99. The van der Waals surface area contributed by atoms with Crippen LogP contribution in [0.5, 0.6) is 5.75 Å². The Hall–Kier alpha value is -0.730. The summed E-state index contributed by atoms with van der Waals surface area (Å²) >= 11 is 0. The minimum atomic E-state index is 0. The highest BCUT2D eigenvalue weighted by Crippen LogP contribution is 2.23. The molecule has 0 amide bonds. The fourth-order valence-corrected chi connectivity index (χ4v) is 2.35. The van der Waals surface area contributed by atoms with Crippen LogP contribution in [0.25, 0.3) is 0 Å². The zero-order valence-electron chi connectivity index (χ0n) is 10.7. The van der Waals surface area contributed by atoms with E-state index >= 15 is 0 Å². The maximum Gasteiger partial charge on any atom is 0.119 e. The van der Waals surface area contributed by atoms with Crippen LogP contribution in [0.2, 0.25) is 0 Å². The number of fused-ring (bicyclic) bond motifs is 1. The minimum absolute atomic E-state index is 0. The molecule has 0 radical (unpaired) electrons. The molecule has 2 rings (SSSR count). The molecule has 0 spiro atoms. The third-order valence-electron chi connectivity index (χ3n) is 3.12. The molecular weight excluding hydrogens is 234 g/mol. The molecule has 1 aromatic rings. The summed E-state index contributed by atoms with van der Waals surface area (Å²) in [4.78, 5) is 2.53. The van der Waals surface area contributed by atoms with Gasteiger partial charge in [0.2, 0.25) is 0 Å². The number of benzene rings is 1. The van der Waals surface area contributed by atoms with Gasteiger partial charge in [0, 0.05) is 13.1 Å². The van der Waals surface area contributed by atoms with Crippen LogP contribution in [0.15, 0.2) is 18.2 Å². The highest BCUT2D eigenvalue weighted by molar-refractivity contribution is 5.85. The molecule has 0 saturated heterocycles. The van der Waals surface area contributed by atoms with Crippen molar-refractivity contribution >= 4 is 12.4 Å². The number of hydrogen-bond acceptors (Lipinski definition) is 2. The maximum atomic E-state index is 5.53. The molecule has 0 aromatic heterocycles. The summed E-state index contributed by atoms with van der Waals surface area (Å²) in [6, 6.07) is 6.53. The average Bonchev–Trinajstić information content (AvgIpc) is 2.30. The fourth-order valence-electron chi connectivity index (χ4n) is 2.35. The Morgan fingerprint density at radius 3 is 2.76 bits per heavy atom. The Labute approximate surface area is 110 Å². The van der Waals surface area contributed by atoms with E-state index in [1.54, 1.807) is 0 Å². The van der Waals surface area contributed by atoms with E-state index in [9.17, 15) is 0 Å². The summed E-state index contributed by atoms with van der Waals surface area (Å²) in [5, 5.41) is 0. The highest BCUT2D eigenvalue weighted by atomic mass is 35.5. The first-order valence-electron chi connectivity index (χ1n) is 6.30. The van der Waals surface area contributed by atoms with Gasteiger partial charge in [-0.1, -0.05) is 13.0 Å². The van der Waals surface area contributed by atoms with Gasteiger partial charge < -0.3 is 4.74 Å². The third-order valence-corrected chi connectivity index (χ3v) is 3.12. The van der Waals surface area contributed by atoms with Crippen LogP contribution < -0.4 is 4.74 Å². The van der Waals surface area contributed by atoms with E-state index in [-0.39, 0.29) is 12.4 Å². The van der Waals surface area contributed by atoms with Crippen LogP contribution in [0.4, 0.5) is 0 Å². The smallest absolute Gasteiger partial charge is 0.119 e. The predicted molar refractivity (Wildman–Crippen MR) is 74.1 cm³/mol. The molecule has 3 heteroatoms. The molecule has 0 atom stereocenters. The molecule has 0 fully saturated rings. The van der Waals surface area contributed by atoms with Gasteiger partial charge in [-0.3, -0.25) is 4.90 Å². The van der Waals surface area contributed by atoms with Crippen LogP contribution in [0.3, 0.4) is 0 Å². The van der Waals surface area contributed by atoms with Gasteiger partial charge in [0.05, 0.1) is 6.61 Å². The molecule has 0 N–H and O–H groups in total. The molecule has 0 bridgehead atoms. The Kier molecular flexibility index (Phi) is 5.79. The minimum Gasteiger partial charge on any atom is -0.494 e. The van der Waals surface area contributed by atoms with Gasteiger partial charge in [0.15, 0.2) is 0 Å². The van der Waals surface area contributed by atoms with Gasteiger partial charge in [-0.25, -0.2) is 0 Å². The number of rotatable bonds is 4. The largest absolute Gasteiger partial charge is 0.494 e. The Morgan fingerprint density at radius 1 is 1.24 bits per heavy atom.